The van der Waals surface area contributed by atoms with Crippen molar-refractivity contribution in [3.05, 3.63) is 48.2 Å². The Hall–Kier alpha value is -2.16. The highest BCUT2D eigenvalue weighted by Gasteiger charge is 2.18. The van der Waals surface area contributed by atoms with Crippen LogP contribution in [0, 0.1) is 5.92 Å². The number of benzene rings is 1. The number of pyridine rings is 1. The lowest BCUT2D eigenvalue weighted by molar-refractivity contribution is -0.127. The minimum Gasteiger partial charge on any atom is -0.339 e. The smallest absolute Gasteiger partial charge is 0.246 e. The van der Waals surface area contributed by atoms with Crippen LogP contribution in [-0.4, -0.2) is 28.9 Å². The van der Waals surface area contributed by atoms with Crippen molar-refractivity contribution in [1.29, 1.82) is 0 Å². The first-order valence-electron chi connectivity index (χ1n) is 7.55. The van der Waals surface area contributed by atoms with Gasteiger partial charge < -0.3 is 4.90 Å². The predicted octanol–water partition coefficient (Wildman–Crippen LogP) is 3.51. The summed E-state index contributed by atoms with van der Waals surface area (Å²) in [5.41, 5.74) is 1.78. The summed E-state index contributed by atoms with van der Waals surface area (Å²) in [7, 11) is 0. The average molecular weight is 280 g/mol. The van der Waals surface area contributed by atoms with E-state index in [1.54, 1.807) is 6.08 Å². The zero-order chi connectivity index (χ0) is 14.7. The van der Waals surface area contributed by atoms with Crippen molar-refractivity contribution < 1.29 is 4.79 Å². The molecule has 3 rings (SSSR count). The number of amides is 1. The largest absolute Gasteiger partial charge is 0.339 e. The first kappa shape index (κ1) is 13.8. The van der Waals surface area contributed by atoms with Gasteiger partial charge in [-0.15, -0.1) is 0 Å². The Morgan fingerprint density at radius 2 is 2.14 bits per heavy atom. The number of carbonyl (C=O) groups is 1. The number of piperidine rings is 1. The average Bonchev–Trinajstić information content (AvgIpc) is 2.52. The zero-order valence-corrected chi connectivity index (χ0v) is 12.3. The van der Waals surface area contributed by atoms with Crippen LogP contribution >= 0.6 is 0 Å². The van der Waals surface area contributed by atoms with E-state index in [9.17, 15) is 4.79 Å². The van der Waals surface area contributed by atoms with Gasteiger partial charge in [0, 0.05) is 24.6 Å². The molecular formula is C18H20N2O. The summed E-state index contributed by atoms with van der Waals surface area (Å²) in [5.74, 6) is 0.700. The lowest BCUT2D eigenvalue weighted by atomic mass is 10.0. The molecule has 2 heterocycles. The van der Waals surface area contributed by atoms with Crippen molar-refractivity contribution in [3.63, 3.8) is 0 Å². The van der Waals surface area contributed by atoms with Gasteiger partial charge in [0.2, 0.25) is 5.91 Å². The van der Waals surface area contributed by atoms with Crippen LogP contribution in [-0.2, 0) is 4.79 Å². The summed E-state index contributed by atoms with van der Waals surface area (Å²) in [4.78, 5) is 18.7. The minimum absolute atomic E-state index is 0.0940. The van der Waals surface area contributed by atoms with Gasteiger partial charge >= 0.3 is 0 Å². The van der Waals surface area contributed by atoms with Crippen molar-refractivity contribution in [3.8, 4) is 0 Å². The number of nitrogens with zero attached hydrogens (tertiary/aromatic N) is 2. The summed E-state index contributed by atoms with van der Waals surface area (Å²) in [6.45, 7) is 3.95. The van der Waals surface area contributed by atoms with Gasteiger partial charge in [0.1, 0.15) is 0 Å². The van der Waals surface area contributed by atoms with E-state index < -0.39 is 0 Å². The van der Waals surface area contributed by atoms with Crippen LogP contribution in [0.15, 0.2) is 42.5 Å². The van der Waals surface area contributed by atoms with Gasteiger partial charge in [-0.1, -0.05) is 31.2 Å². The maximum Gasteiger partial charge on any atom is 0.246 e. The first-order valence-corrected chi connectivity index (χ1v) is 7.55. The van der Waals surface area contributed by atoms with Gasteiger partial charge in [-0.05, 0) is 37.0 Å². The third-order valence-electron chi connectivity index (χ3n) is 3.99. The van der Waals surface area contributed by atoms with Crippen LogP contribution in [0.5, 0.6) is 0 Å². The number of aromatic nitrogens is 1. The molecule has 3 nitrogen and oxygen atoms in total. The van der Waals surface area contributed by atoms with Gasteiger partial charge in [0.15, 0.2) is 0 Å². The standard InChI is InChI=1S/C18H20N2O/c1-14-5-4-12-20(13-14)18(21)11-10-16-9-8-15-6-2-3-7-17(15)19-16/h2-3,6-11,14H,4-5,12-13H2,1H3/b11-10+. The molecule has 0 N–H and O–H groups in total. The van der Waals surface area contributed by atoms with Gasteiger partial charge in [0.25, 0.3) is 0 Å². The fourth-order valence-electron chi connectivity index (χ4n) is 2.83. The van der Waals surface area contributed by atoms with E-state index in [0.717, 1.165) is 36.1 Å². The molecule has 108 valence electrons. The Labute approximate surface area is 125 Å². The number of para-hydroxylation sites is 1. The second kappa shape index (κ2) is 6.08. The Bertz CT molecular complexity index is 678. The molecule has 21 heavy (non-hydrogen) atoms. The molecule has 1 aliphatic rings. The number of likely N-dealkylation sites (tertiary alicyclic amines) is 1. The zero-order valence-electron chi connectivity index (χ0n) is 12.3. The van der Waals surface area contributed by atoms with Gasteiger partial charge in [-0.25, -0.2) is 4.98 Å². The Morgan fingerprint density at radius 3 is 3.00 bits per heavy atom. The van der Waals surface area contributed by atoms with Crippen LogP contribution in [0.25, 0.3) is 17.0 Å². The molecule has 0 spiro atoms. The van der Waals surface area contributed by atoms with E-state index in [0.29, 0.717) is 5.92 Å². The maximum absolute atomic E-state index is 12.2. The fraction of sp³-hybridized carbons (Fsp3) is 0.333. The van der Waals surface area contributed by atoms with Crippen LogP contribution in [0.2, 0.25) is 0 Å². The number of carbonyl (C=O) groups excluding carboxylic acids is 1. The predicted molar refractivity (Wildman–Crippen MR) is 85.8 cm³/mol. The summed E-state index contributed by atoms with van der Waals surface area (Å²) >= 11 is 0. The summed E-state index contributed by atoms with van der Waals surface area (Å²) in [5, 5.41) is 1.12. The maximum atomic E-state index is 12.2. The molecule has 1 atom stereocenters. The summed E-state index contributed by atoms with van der Waals surface area (Å²) < 4.78 is 0. The molecule has 0 radical (unpaired) electrons. The minimum atomic E-state index is 0.0940. The Kier molecular flexibility index (Phi) is 4.00. The second-order valence-electron chi connectivity index (χ2n) is 5.79. The third-order valence-corrected chi connectivity index (χ3v) is 3.99. The topological polar surface area (TPSA) is 33.2 Å². The van der Waals surface area contributed by atoms with Crippen LogP contribution < -0.4 is 0 Å². The SMILES string of the molecule is CC1CCCN(C(=O)/C=C/c2ccc3ccccc3n2)C1. The Morgan fingerprint density at radius 1 is 1.29 bits per heavy atom. The van der Waals surface area contributed by atoms with E-state index in [2.05, 4.69) is 11.9 Å². The molecule has 0 bridgehead atoms. The lowest BCUT2D eigenvalue weighted by Crippen LogP contribution is -2.38. The van der Waals surface area contributed by atoms with Crippen LogP contribution in [0.3, 0.4) is 0 Å². The van der Waals surface area contributed by atoms with Crippen LogP contribution in [0.1, 0.15) is 25.5 Å². The normalized spacial score (nSPS) is 19.3. The first-order chi connectivity index (χ1) is 10.2. The molecular weight excluding hydrogens is 260 g/mol. The highest BCUT2D eigenvalue weighted by atomic mass is 16.2. The van der Waals surface area contributed by atoms with Crippen molar-refractivity contribution in [2.75, 3.05) is 13.1 Å². The van der Waals surface area contributed by atoms with E-state index in [4.69, 9.17) is 0 Å². The number of hydrogen-bond acceptors (Lipinski definition) is 2. The van der Waals surface area contributed by atoms with Crippen molar-refractivity contribution in [2.24, 2.45) is 5.92 Å². The van der Waals surface area contributed by atoms with Crippen molar-refractivity contribution >= 4 is 22.9 Å². The van der Waals surface area contributed by atoms with Crippen molar-refractivity contribution in [1.82, 2.24) is 9.88 Å². The fourth-order valence-corrected chi connectivity index (χ4v) is 2.83. The summed E-state index contributed by atoms with van der Waals surface area (Å²) in [6.07, 6.45) is 5.79. The number of hydrogen-bond donors (Lipinski definition) is 0. The molecule has 1 aromatic carbocycles. The highest BCUT2D eigenvalue weighted by molar-refractivity contribution is 5.92. The quantitative estimate of drug-likeness (QED) is 0.789. The molecule has 3 heteroatoms. The molecule has 1 aliphatic heterocycles. The van der Waals surface area contributed by atoms with Crippen molar-refractivity contribution in [2.45, 2.75) is 19.8 Å². The molecule has 1 unspecified atom stereocenters. The molecule has 2 aromatic rings. The van der Waals surface area contributed by atoms with E-state index in [1.165, 1.54) is 6.42 Å². The number of rotatable bonds is 2. The lowest BCUT2D eigenvalue weighted by Gasteiger charge is -2.30. The summed E-state index contributed by atoms with van der Waals surface area (Å²) in [6, 6.07) is 12.0. The molecule has 1 fully saturated rings. The van der Waals surface area contributed by atoms with E-state index in [-0.39, 0.29) is 5.91 Å². The van der Waals surface area contributed by atoms with Gasteiger partial charge in [-0.3, -0.25) is 4.79 Å². The molecule has 1 aromatic heterocycles. The third kappa shape index (κ3) is 3.30. The van der Waals surface area contributed by atoms with Crippen LogP contribution in [0.4, 0.5) is 0 Å². The number of fused-ring (bicyclic) bond motifs is 1. The van der Waals surface area contributed by atoms with E-state index >= 15 is 0 Å². The molecule has 0 saturated carbocycles. The van der Waals surface area contributed by atoms with Gasteiger partial charge in [-0.2, -0.15) is 0 Å². The van der Waals surface area contributed by atoms with E-state index in [1.807, 2.05) is 47.4 Å². The highest BCUT2D eigenvalue weighted by Crippen LogP contribution is 2.16. The molecule has 1 saturated heterocycles. The molecule has 0 aliphatic carbocycles. The Balaban J connectivity index is 1.73. The molecule has 1 amide bonds. The second-order valence-corrected chi connectivity index (χ2v) is 5.79. The monoisotopic (exact) mass is 280 g/mol. The van der Waals surface area contributed by atoms with Gasteiger partial charge in [0.05, 0.1) is 11.2 Å².